The summed E-state index contributed by atoms with van der Waals surface area (Å²) in [7, 11) is 0. The lowest BCUT2D eigenvalue weighted by Gasteiger charge is -2.21. The third kappa shape index (κ3) is 3.23. The van der Waals surface area contributed by atoms with Crippen molar-refractivity contribution in [3.8, 4) is 11.3 Å². The molecule has 3 aromatic rings. The van der Waals surface area contributed by atoms with Gasteiger partial charge in [-0.1, -0.05) is 50.2 Å². The van der Waals surface area contributed by atoms with Gasteiger partial charge < -0.3 is 9.52 Å². The molecule has 0 saturated carbocycles. The van der Waals surface area contributed by atoms with Crippen molar-refractivity contribution in [3.63, 3.8) is 0 Å². The maximum Gasteiger partial charge on any atom is 0.135 e. The first-order chi connectivity index (χ1) is 10.6. The number of aliphatic hydroxyl groups excluding tert-OH is 1. The van der Waals surface area contributed by atoms with E-state index in [9.17, 15) is 5.11 Å². The molecule has 0 aliphatic carbocycles. The summed E-state index contributed by atoms with van der Waals surface area (Å²) in [6.07, 6.45) is 1.94. The lowest BCUT2D eigenvalue weighted by Crippen LogP contribution is -2.17. The summed E-state index contributed by atoms with van der Waals surface area (Å²) in [5, 5.41) is 10.5. The molecule has 0 atom stereocenters. The van der Waals surface area contributed by atoms with Gasteiger partial charge in [-0.05, 0) is 42.0 Å². The molecule has 0 amide bonds. The zero-order valence-corrected chi connectivity index (χ0v) is 13.2. The Labute approximate surface area is 131 Å². The fourth-order valence-corrected chi connectivity index (χ4v) is 2.55. The fourth-order valence-electron chi connectivity index (χ4n) is 2.55. The Bertz CT molecular complexity index is 754. The molecule has 0 spiro atoms. The van der Waals surface area contributed by atoms with Crippen molar-refractivity contribution < 1.29 is 9.52 Å². The number of hydrogen-bond donors (Lipinski definition) is 1. The molecule has 2 nitrogen and oxygen atoms in total. The molecule has 0 aliphatic heterocycles. The maximum absolute atomic E-state index is 9.36. The highest BCUT2D eigenvalue weighted by molar-refractivity contribution is 5.83. The number of furan rings is 1. The summed E-state index contributed by atoms with van der Waals surface area (Å²) in [5.41, 5.74) is 3.28. The van der Waals surface area contributed by atoms with Gasteiger partial charge in [0.2, 0.25) is 0 Å². The van der Waals surface area contributed by atoms with Gasteiger partial charge in [-0.3, -0.25) is 0 Å². The normalized spacial score (nSPS) is 12.0. The van der Waals surface area contributed by atoms with E-state index in [2.05, 4.69) is 44.2 Å². The molecule has 0 aliphatic rings. The van der Waals surface area contributed by atoms with Crippen LogP contribution < -0.4 is 0 Å². The second kappa shape index (κ2) is 5.98. The Morgan fingerprint density at radius 2 is 1.77 bits per heavy atom. The van der Waals surface area contributed by atoms with Crippen molar-refractivity contribution in [2.24, 2.45) is 5.41 Å². The summed E-state index contributed by atoms with van der Waals surface area (Å²) in [6.45, 7) is 4.41. The van der Waals surface area contributed by atoms with Gasteiger partial charge in [0.05, 0.1) is 0 Å². The third-order valence-electron chi connectivity index (χ3n) is 4.16. The highest BCUT2D eigenvalue weighted by atomic mass is 16.3. The second-order valence-electron chi connectivity index (χ2n) is 6.67. The van der Waals surface area contributed by atoms with Gasteiger partial charge in [0.1, 0.15) is 11.3 Å². The molecule has 1 N–H and O–H groups in total. The van der Waals surface area contributed by atoms with Gasteiger partial charge in [-0.2, -0.15) is 0 Å². The van der Waals surface area contributed by atoms with Crippen LogP contribution in [0.1, 0.15) is 25.8 Å². The standard InChI is InChI=1S/C20H22O2/c1-20(2,14-21)11-10-15-8-9-18-17(12-15)13-19(22-18)16-6-4-3-5-7-16/h3-9,12-13,21H,10-11,14H2,1-2H3. The first-order valence-electron chi connectivity index (χ1n) is 7.76. The first-order valence-corrected chi connectivity index (χ1v) is 7.76. The fraction of sp³-hybridized carbons (Fsp3) is 0.300. The third-order valence-corrected chi connectivity index (χ3v) is 4.16. The van der Waals surface area contributed by atoms with Crippen molar-refractivity contribution >= 4 is 11.0 Å². The molecule has 1 heterocycles. The molecule has 0 radical (unpaired) electrons. The van der Waals surface area contributed by atoms with Crippen LogP contribution in [0, 0.1) is 5.41 Å². The van der Waals surface area contributed by atoms with Crippen molar-refractivity contribution in [1.82, 2.24) is 0 Å². The summed E-state index contributed by atoms with van der Waals surface area (Å²) >= 11 is 0. The van der Waals surface area contributed by atoms with Crippen LogP contribution in [0.4, 0.5) is 0 Å². The minimum atomic E-state index is -0.0272. The Kier molecular flexibility index (Phi) is 4.04. The van der Waals surface area contributed by atoms with E-state index in [-0.39, 0.29) is 12.0 Å². The Morgan fingerprint density at radius 3 is 2.50 bits per heavy atom. The highest BCUT2D eigenvalue weighted by Crippen LogP contribution is 2.29. The smallest absolute Gasteiger partial charge is 0.135 e. The van der Waals surface area contributed by atoms with E-state index in [0.717, 1.165) is 35.1 Å². The number of fused-ring (bicyclic) bond motifs is 1. The predicted molar refractivity (Wildman–Crippen MR) is 90.8 cm³/mol. The minimum absolute atomic E-state index is 0.0272. The molecule has 2 aromatic carbocycles. The van der Waals surface area contributed by atoms with Crippen LogP contribution in [0.25, 0.3) is 22.3 Å². The van der Waals surface area contributed by atoms with Crippen LogP contribution in [-0.2, 0) is 6.42 Å². The Morgan fingerprint density at radius 1 is 1.00 bits per heavy atom. The molecule has 0 saturated heterocycles. The monoisotopic (exact) mass is 294 g/mol. The number of aryl methyl sites for hydroxylation is 1. The van der Waals surface area contributed by atoms with Crippen LogP contribution in [0.15, 0.2) is 59.0 Å². The summed E-state index contributed by atoms with van der Waals surface area (Å²) in [4.78, 5) is 0. The molecule has 2 heteroatoms. The van der Waals surface area contributed by atoms with E-state index in [1.807, 2.05) is 24.3 Å². The number of benzene rings is 2. The first kappa shape index (κ1) is 14.9. The lowest BCUT2D eigenvalue weighted by molar-refractivity contribution is 0.151. The largest absolute Gasteiger partial charge is 0.456 e. The van der Waals surface area contributed by atoms with Crippen molar-refractivity contribution in [2.75, 3.05) is 6.61 Å². The second-order valence-corrected chi connectivity index (χ2v) is 6.67. The van der Waals surface area contributed by atoms with Gasteiger partial charge in [0.25, 0.3) is 0 Å². The summed E-state index contributed by atoms with van der Waals surface area (Å²) < 4.78 is 5.94. The molecular weight excluding hydrogens is 272 g/mol. The molecule has 1 aromatic heterocycles. The van der Waals surface area contributed by atoms with Crippen LogP contribution in [0.3, 0.4) is 0 Å². The van der Waals surface area contributed by atoms with Crippen LogP contribution in [-0.4, -0.2) is 11.7 Å². The molecule has 0 unspecified atom stereocenters. The Hall–Kier alpha value is -2.06. The van der Waals surface area contributed by atoms with E-state index in [0.29, 0.717) is 0 Å². The van der Waals surface area contributed by atoms with Crippen molar-refractivity contribution in [3.05, 3.63) is 60.2 Å². The van der Waals surface area contributed by atoms with E-state index in [4.69, 9.17) is 4.42 Å². The van der Waals surface area contributed by atoms with Crippen LogP contribution in [0.5, 0.6) is 0 Å². The zero-order chi connectivity index (χ0) is 15.6. The number of rotatable bonds is 5. The SMILES string of the molecule is CC(C)(CO)CCc1ccc2oc(-c3ccccc3)cc2c1. The quantitative estimate of drug-likeness (QED) is 0.714. The molecule has 0 fully saturated rings. The summed E-state index contributed by atoms with van der Waals surface area (Å²) in [5.74, 6) is 0.906. The van der Waals surface area contributed by atoms with E-state index < -0.39 is 0 Å². The molecule has 114 valence electrons. The molecule has 22 heavy (non-hydrogen) atoms. The van der Waals surface area contributed by atoms with Gasteiger partial charge in [0.15, 0.2) is 0 Å². The maximum atomic E-state index is 9.36. The van der Waals surface area contributed by atoms with E-state index in [1.54, 1.807) is 0 Å². The topological polar surface area (TPSA) is 33.4 Å². The highest BCUT2D eigenvalue weighted by Gasteiger charge is 2.16. The molecular formula is C20H22O2. The van der Waals surface area contributed by atoms with Crippen molar-refractivity contribution in [1.29, 1.82) is 0 Å². The predicted octanol–water partition coefficient (Wildman–Crippen LogP) is 5.05. The number of aliphatic hydroxyl groups is 1. The molecule has 3 rings (SSSR count). The van der Waals surface area contributed by atoms with Crippen LogP contribution >= 0.6 is 0 Å². The average molecular weight is 294 g/mol. The van der Waals surface area contributed by atoms with Gasteiger partial charge in [-0.25, -0.2) is 0 Å². The zero-order valence-electron chi connectivity index (χ0n) is 13.2. The van der Waals surface area contributed by atoms with Crippen LogP contribution in [0.2, 0.25) is 0 Å². The molecule has 0 bridgehead atoms. The van der Waals surface area contributed by atoms with E-state index >= 15 is 0 Å². The van der Waals surface area contributed by atoms with Gasteiger partial charge in [0, 0.05) is 17.6 Å². The number of hydrogen-bond acceptors (Lipinski definition) is 2. The Balaban J connectivity index is 1.85. The van der Waals surface area contributed by atoms with Gasteiger partial charge >= 0.3 is 0 Å². The minimum Gasteiger partial charge on any atom is -0.456 e. The average Bonchev–Trinajstić information content (AvgIpc) is 2.97. The van der Waals surface area contributed by atoms with Gasteiger partial charge in [-0.15, -0.1) is 0 Å². The lowest BCUT2D eigenvalue weighted by atomic mass is 9.87. The van der Waals surface area contributed by atoms with Crippen molar-refractivity contribution in [2.45, 2.75) is 26.7 Å². The van der Waals surface area contributed by atoms with E-state index in [1.165, 1.54) is 5.56 Å². The summed E-state index contributed by atoms with van der Waals surface area (Å²) in [6, 6.07) is 18.6.